The third-order valence-electron chi connectivity index (χ3n) is 4.56. The second kappa shape index (κ2) is 7.68. The topological polar surface area (TPSA) is 83.7 Å². The van der Waals surface area contributed by atoms with E-state index in [1.54, 1.807) is 0 Å². The molecule has 0 aliphatic carbocycles. The van der Waals surface area contributed by atoms with Crippen LogP contribution in [0.5, 0.6) is 5.75 Å². The molecule has 2 aromatic carbocycles. The molecule has 0 atom stereocenters. The maximum absolute atomic E-state index is 12.4. The van der Waals surface area contributed by atoms with Gasteiger partial charge >= 0.3 is 0 Å². The van der Waals surface area contributed by atoms with Crippen LogP contribution < -0.4 is 10.3 Å². The fourth-order valence-corrected chi connectivity index (χ4v) is 3.14. The predicted molar refractivity (Wildman–Crippen MR) is 109 cm³/mol. The van der Waals surface area contributed by atoms with Crippen molar-refractivity contribution in [2.24, 2.45) is 0 Å². The highest BCUT2D eigenvalue weighted by Gasteiger charge is 2.15. The van der Waals surface area contributed by atoms with Gasteiger partial charge in [0.05, 0.1) is 5.69 Å². The van der Waals surface area contributed by atoms with E-state index in [2.05, 4.69) is 20.2 Å². The van der Waals surface area contributed by atoms with Crippen molar-refractivity contribution in [2.75, 3.05) is 0 Å². The Labute approximate surface area is 162 Å². The third-order valence-corrected chi connectivity index (χ3v) is 4.56. The van der Waals surface area contributed by atoms with Crippen LogP contribution in [0.25, 0.3) is 11.0 Å². The minimum absolute atomic E-state index is 0.186. The van der Waals surface area contributed by atoms with Gasteiger partial charge in [0.15, 0.2) is 0 Å². The lowest BCUT2D eigenvalue weighted by Crippen LogP contribution is -2.12. The van der Waals surface area contributed by atoms with E-state index < -0.39 is 0 Å². The van der Waals surface area contributed by atoms with E-state index in [0.717, 1.165) is 22.6 Å². The number of aromatic nitrogens is 4. The summed E-state index contributed by atoms with van der Waals surface area (Å²) in [6.45, 7) is 4.58. The Balaban J connectivity index is 1.56. The Bertz CT molecular complexity index is 1150. The molecule has 6 nitrogen and oxygen atoms in total. The molecule has 0 bridgehead atoms. The van der Waals surface area contributed by atoms with Gasteiger partial charge in [-0.3, -0.25) is 9.89 Å². The number of H-pyrrole nitrogens is 2. The summed E-state index contributed by atoms with van der Waals surface area (Å²) in [5.41, 5.74) is 3.81. The van der Waals surface area contributed by atoms with Crippen LogP contribution in [0.4, 0.5) is 0 Å². The van der Waals surface area contributed by atoms with Crippen molar-refractivity contribution >= 4 is 11.0 Å². The summed E-state index contributed by atoms with van der Waals surface area (Å²) in [6, 6.07) is 17.9. The minimum Gasteiger partial charge on any atom is -0.489 e. The lowest BCUT2D eigenvalue weighted by atomic mass is 10.1. The number of rotatable bonds is 6. The number of aromatic amines is 2. The van der Waals surface area contributed by atoms with E-state index in [0.29, 0.717) is 29.9 Å². The average molecular weight is 374 g/mol. The summed E-state index contributed by atoms with van der Waals surface area (Å²) < 4.78 is 5.90. The molecule has 28 heavy (non-hydrogen) atoms. The van der Waals surface area contributed by atoms with E-state index in [1.807, 2.05) is 68.4 Å². The molecule has 2 N–H and O–H groups in total. The van der Waals surface area contributed by atoms with E-state index in [9.17, 15) is 4.79 Å². The van der Waals surface area contributed by atoms with Gasteiger partial charge in [0, 0.05) is 6.42 Å². The zero-order chi connectivity index (χ0) is 19.5. The standard InChI is InChI=1S/C22H22N4O2/c1-14(2)19-20-21(26-25-19)22(27)24-18(23-20)12-16-9-6-10-17(11-16)28-13-15-7-4-3-5-8-15/h3-11,14H,12-13H2,1-2H3,(H,25,26)(H,23,24,27). The second-order valence-electron chi connectivity index (χ2n) is 7.10. The van der Waals surface area contributed by atoms with Crippen LogP contribution in [-0.4, -0.2) is 20.2 Å². The number of hydrogen-bond donors (Lipinski definition) is 2. The Morgan fingerprint density at radius 1 is 1.04 bits per heavy atom. The van der Waals surface area contributed by atoms with Crippen LogP contribution in [0.2, 0.25) is 0 Å². The van der Waals surface area contributed by atoms with Gasteiger partial charge in [-0.25, -0.2) is 4.98 Å². The molecule has 0 aliphatic heterocycles. The van der Waals surface area contributed by atoms with Gasteiger partial charge in [-0.15, -0.1) is 0 Å². The zero-order valence-corrected chi connectivity index (χ0v) is 15.9. The molecule has 0 radical (unpaired) electrons. The minimum atomic E-state index is -0.198. The average Bonchev–Trinajstić information content (AvgIpc) is 3.12. The highest BCUT2D eigenvalue weighted by molar-refractivity contribution is 5.76. The first-order chi connectivity index (χ1) is 13.6. The van der Waals surface area contributed by atoms with Gasteiger partial charge in [0.1, 0.15) is 29.2 Å². The molecule has 4 rings (SSSR count). The SMILES string of the molecule is CC(C)c1n[nH]c2c(=O)[nH]c(Cc3cccc(OCc4ccccc4)c3)nc12. The maximum Gasteiger partial charge on any atom is 0.276 e. The van der Waals surface area contributed by atoms with Crippen molar-refractivity contribution < 1.29 is 4.74 Å². The summed E-state index contributed by atoms with van der Waals surface area (Å²) in [5, 5.41) is 7.04. The summed E-state index contributed by atoms with van der Waals surface area (Å²) >= 11 is 0. The van der Waals surface area contributed by atoms with Gasteiger partial charge in [0.25, 0.3) is 5.56 Å². The molecule has 0 aliphatic rings. The Hall–Kier alpha value is -3.41. The highest BCUT2D eigenvalue weighted by atomic mass is 16.5. The van der Waals surface area contributed by atoms with Crippen LogP contribution in [0, 0.1) is 0 Å². The largest absolute Gasteiger partial charge is 0.489 e. The molecule has 0 unspecified atom stereocenters. The molecule has 2 aromatic heterocycles. The Kier molecular flexibility index (Phi) is 4.93. The van der Waals surface area contributed by atoms with E-state index in [1.165, 1.54) is 0 Å². The molecule has 4 aromatic rings. The molecule has 6 heteroatoms. The predicted octanol–water partition coefficient (Wildman–Crippen LogP) is 3.94. The smallest absolute Gasteiger partial charge is 0.276 e. The van der Waals surface area contributed by atoms with Crippen LogP contribution >= 0.6 is 0 Å². The van der Waals surface area contributed by atoms with Gasteiger partial charge in [-0.1, -0.05) is 56.3 Å². The molecule has 0 saturated heterocycles. The first kappa shape index (κ1) is 18.0. The van der Waals surface area contributed by atoms with Crippen molar-refractivity contribution in [1.29, 1.82) is 0 Å². The van der Waals surface area contributed by atoms with Crippen LogP contribution in [-0.2, 0) is 13.0 Å². The summed E-state index contributed by atoms with van der Waals surface area (Å²) in [7, 11) is 0. The quantitative estimate of drug-likeness (QED) is 0.535. The van der Waals surface area contributed by atoms with Crippen molar-refractivity contribution in [3.63, 3.8) is 0 Å². The van der Waals surface area contributed by atoms with Gasteiger partial charge < -0.3 is 9.72 Å². The summed E-state index contributed by atoms with van der Waals surface area (Å²) in [4.78, 5) is 19.9. The van der Waals surface area contributed by atoms with Crippen LogP contribution in [0.3, 0.4) is 0 Å². The van der Waals surface area contributed by atoms with Crippen LogP contribution in [0.15, 0.2) is 59.4 Å². The summed E-state index contributed by atoms with van der Waals surface area (Å²) in [5.74, 6) is 1.59. The number of nitrogens with one attached hydrogen (secondary N) is 2. The Morgan fingerprint density at radius 2 is 1.82 bits per heavy atom. The van der Waals surface area contributed by atoms with Crippen molar-refractivity contribution in [3.8, 4) is 5.75 Å². The Morgan fingerprint density at radius 3 is 2.61 bits per heavy atom. The molecule has 2 heterocycles. The summed E-state index contributed by atoms with van der Waals surface area (Å²) in [6.07, 6.45) is 0.510. The van der Waals surface area contributed by atoms with Gasteiger partial charge in [-0.2, -0.15) is 5.10 Å². The fourth-order valence-electron chi connectivity index (χ4n) is 3.14. The molecular weight excluding hydrogens is 352 g/mol. The number of hydrogen-bond acceptors (Lipinski definition) is 4. The van der Waals surface area contributed by atoms with Crippen molar-refractivity contribution in [1.82, 2.24) is 20.2 Å². The van der Waals surface area contributed by atoms with Gasteiger partial charge in [-0.05, 0) is 29.2 Å². The highest BCUT2D eigenvalue weighted by Crippen LogP contribution is 2.20. The van der Waals surface area contributed by atoms with Crippen molar-refractivity contribution in [2.45, 2.75) is 32.8 Å². The number of nitrogens with zero attached hydrogens (tertiary/aromatic N) is 2. The molecule has 0 amide bonds. The van der Waals surface area contributed by atoms with E-state index >= 15 is 0 Å². The number of fused-ring (bicyclic) bond motifs is 1. The zero-order valence-electron chi connectivity index (χ0n) is 15.9. The molecule has 0 spiro atoms. The van der Waals surface area contributed by atoms with Crippen molar-refractivity contribution in [3.05, 3.63) is 87.6 Å². The third kappa shape index (κ3) is 3.81. The van der Waals surface area contributed by atoms with Gasteiger partial charge in [0.2, 0.25) is 0 Å². The first-order valence-corrected chi connectivity index (χ1v) is 9.33. The molecular formula is C22H22N4O2. The number of benzene rings is 2. The first-order valence-electron chi connectivity index (χ1n) is 9.33. The molecule has 0 fully saturated rings. The lowest BCUT2D eigenvalue weighted by Gasteiger charge is -2.08. The number of ether oxygens (including phenoxy) is 1. The molecule has 142 valence electrons. The monoisotopic (exact) mass is 374 g/mol. The van der Waals surface area contributed by atoms with E-state index in [-0.39, 0.29) is 11.5 Å². The lowest BCUT2D eigenvalue weighted by molar-refractivity contribution is 0.306. The normalized spacial score (nSPS) is 11.2. The van der Waals surface area contributed by atoms with Crippen LogP contribution in [0.1, 0.15) is 42.4 Å². The molecule has 0 saturated carbocycles. The fraction of sp³-hybridized carbons (Fsp3) is 0.227. The maximum atomic E-state index is 12.4. The van der Waals surface area contributed by atoms with E-state index in [4.69, 9.17) is 4.74 Å². The second-order valence-corrected chi connectivity index (χ2v) is 7.10.